The third-order valence-corrected chi connectivity index (χ3v) is 6.80. The lowest BCUT2D eigenvalue weighted by Gasteiger charge is -2.36. The molecule has 2 rings (SSSR count). The largest absolute Gasteiger partial charge is 0.350 e. The summed E-state index contributed by atoms with van der Waals surface area (Å²) in [5.41, 5.74) is 3.03. The first kappa shape index (κ1) is 20.3. The molecule has 1 aromatic rings. The van der Waals surface area contributed by atoms with E-state index in [4.69, 9.17) is 0 Å². The molecule has 0 aromatic carbocycles. The first-order valence-electron chi connectivity index (χ1n) is 10.2. The van der Waals surface area contributed by atoms with Gasteiger partial charge in [0.05, 0.1) is 0 Å². The Labute approximate surface area is 156 Å². The van der Waals surface area contributed by atoms with Crippen LogP contribution in [0.15, 0.2) is 30.5 Å². The van der Waals surface area contributed by atoms with Gasteiger partial charge in [0.2, 0.25) is 0 Å². The molecule has 0 saturated heterocycles. The van der Waals surface area contributed by atoms with Crippen molar-refractivity contribution in [2.45, 2.75) is 67.3 Å². The lowest BCUT2D eigenvalue weighted by molar-refractivity contribution is 0.248. The van der Waals surface area contributed by atoms with E-state index in [1.807, 2.05) is 0 Å². The summed E-state index contributed by atoms with van der Waals surface area (Å²) in [6, 6.07) is 4.40. The molecule has 142 valence electrons. The van der Waals surface area contributed by atoms with Gasteiger partial charge in [0.15, 0.2) is 0 Å². The highest BCUT2D eigenvalue weighted by Crippen LogP contribution is 2.36. The number of rotatable bonds is 10. The van der Waals surface area contributed by atoms with Crippen LogP contribution in [0.2, 0.25) is 0 Å². The van der Waals surface area contributed by atoms with Crippen molar-refractivity contribution >= 4 is 0 Å². The van der Waals surface area contributed by atoms with Gasteiger partial charge in [0.25, 0.3) is 0 Å². The smallest absolute Gasteiger partial charge is 0.0317 e. The molecule has 1 aromatic heterocycles. The number of hydrogen-bond donors (Lipinski definition) is 1. The lowest BCUT2D eigenvalue weighted by atomic mass is 9.73. The summed E-state index contributed by atoms with van der Waals surface area (Å²) in [6.07, 6.45) is 3.43. The molecule has 2 heteroatoms. The third kappa shape index (κ3) is 4.78. The molecule has 0 spiro atoms. The van der Waals surface area contributed by atoms with Crippen molar-refractivity contribution in [3.8, 4) is 0 Å². The van der Waals surface area contributed by atoms with Crippen LogP contribution in [0.25, 0.3) is 0 Å². The van der Waals surface area contributed by atoms with E-state index in [-0.39, 0.29) is 5.41 Å². The molecule has 0 aliphatic carbocycles. The van der Waals surface area contributed by atoms with Gasteiger partial charge in [-0.1, -0.05) is 60.6 Å². The SMILES string of the molecule is C=C(C(C)CC(C)C(C)C(C)C)C(C)(C)CNCC1Cn2cccc21. The molecule has 0 saturated carbocycles. The summed E-state index contributed by atoms with van der Waals surface area (Å²) in [5, 5.41) is 3.71. The van der Waals surface area contributed by atoms with Crippen LogP contribution in [0.1, 0.15) is 66.5 Å². The standard InChI is InChI=1S/C23H40N2/c1-16(2)19(5)17(3)12-18(4)20(6)23(7,8)15-24-13-21-14-25-11-9-10-22(21)25/h9-11,16-19,21,24H,6,12-15H2,1-5,7-8H3. The van der Waals surface area contributed by atoms with E-state index in [9.17, 15) is 0 Å². The lowest BCUT2D eigenvalue weighted by Crippen LogP contribution is -2.38. The van der Waals surface area contributed by atoms with Gasteiger partial charge in [0, 0.05) is 37.4 Å². The van der Waals surface area contributed by atoms with E-state index in [0.717, 1.165) is 37.4 Å². The summed E-state index contributed by atoms with van der Waals surface area (Å²) < 4.78 is 2.34. The van der Waals surface area contributed by atoms with Gasteiger partial charge in [-0.3, -0.25) is 0 Å². The molecule has 2 heterocycles. The Morgan fingerprint density at radius 1 is 1.28 bits per heavy atom. The Hall–Kier alpha value is -1.02. The van der Waals surface area contributed by atoms with Crippen molar-refractivity contribution in [2.24, 2.45) is 29.1 Å². The van der Waals surface area contributed by atoms with Crippen LogP contribution in [0.5, 0.6) is 0 Å². The third-order valence-electron chi connectivity index (χ3n) is 6.80. The quantitative estimate of drug-likeness (QED) is 0.538. The van der Waals surface area contributed by atoms with Crippen molar-refractivity contribution in [3.63, 3.8) is 0 Å². The maximum Gasteiger partial charge on any atom is 0.0317 e. The number of fused-ring (bicyclic) bond motifs is 1. The Kier molecular flexibility index (Phi) is 6.59. The van der Waals surface area contributed by atoms with Gasteiger partial charge in [-0.25, -0.2) is 0 Å². The van der Waals surface area contributed by atoms with Gasteiger partial charge in [-0.2, -0.15) is 0 Å². The van der Waals surface area contributed by atoms with Crippen LogP contribution in [0.3, 0.4) is 0 Å². The second-order valence-electron chi connectivity index (χ2n) is 9.54. The molecule has 25 heavy (non-hydrogen) atoms. The molecule has 1 N–H and O–H groups in total. The van der Waals surface area contributed by atoms with Crippen molar-refractivity contribution < 1.29 is 0 Å². The van der Waals surface area contributed by atoms with Gasteiger partial charge in [0.1, 0.15) is 0 Å². The Morgan fingerprint density at radius 2 is 1.96 bits per heavy atom. The van der Waals surface area contributed by atoms with Crippen LogP contribution in [0, 0.1) is 29.1 Å². The van der Waals surface area contributed by atoms with Gasteiger partial charge in [-0.05, 0) is 47.6 Å². The van der Waals surface area contributed by atoms with Gasteiger partial charge < -0.3 is 9.88 Å². The van der Waals surface area contributed by atoms with Crippen molar-refractivity contribution in [1.82, 2.24) is 9.88 Å². The molecule has 1 aliphatic rings. The average molecular weight is 345 g/mol. The highest BCUT2D eigenvalue weighted by molar-refractivity contribution is 5.20. The van der Waals surface area contributed by atoms with Crippen LogP contribution >= 0.6 is 0 Å². The van der Waals surface area contributed by atoms with Crippen molar-refractivity contribution in [2.75, 3.05) is 13.1 Å². The van der Waals surface area contributed by atoms with Crippen LogP contribution in [-0.4, -0.2) is 17.7 Å². The molecule has 4 unspecified atom stereocenters. The second-order valence-corrected chi connectivity index (χ2v) is 9.54. The molecule has 0 fully saturated rings. The minimum absolute atomic E-state index is 0.145. The maximum absolute atomic E-state index is 4.50. The zero-order valence-corrected chi connectivity index (χ0v) is 17.6. The van der Waals surface area contributed by atoms with Crippen LogP contribution < -0.4 is 5.32 Å². The van der Waals surface area contributed by atoms with Gasteiger partial charge >= 0.3 is 0 Å². The molecule has 0 bridgehead atoms. The molecule has 0 radical (unpaired) electrons. The number of hydrogen-bond acceptors (Lipinski definition) is 1. The molecule has 0 amide bonds. The second kappa shape index (κ2) is 8.12. The fraction of sp³-hybridized carbons (Fsp3) is 0.739. The maximum atomic E-state index is 4.50. The Bertz CT molecular complexity index is 566. The summed E-state index contributed by atoms with van der Waals surface area (Å²) in [5.74, 6) is 3.54. The Morgan fingerprint density at radius 3 is 2.56 bits per heavy atom. The first-order chi connectivity index (χ1) is 11.6. The van der Waals surface area contributed by atoms with Crippen molar-refractivity contribution in [3.05, 3.63) is 36.2 Å². The monoisotopic (exact) mass is 344 g/mol. The first-order valence-corrected chi connectivity index (χ1v) is 10.2. The molecule has 4 atom stereocenters. The van der Waals surface area contributed by atoms with Crippen LogP contribution in [0.4, 0.5) is 0 Å². The fourth-order valence-electron chi connectivity index (χ4n) is 4.26. The summed E-state index contributed by atoms with van der Waals surface area (Å²) in [6.45, 7) is 24.3. The predicted molar refractivity (Wildman–Crippen MR) is 110 cm³/mol. The fourth-order valence-corrected chi connectivity index (χ4v) is 4.26. The normalized spacial score (nSPS) is 20.7. The zero-order valence-electron chi connectivity index (χ0n) is 17.6. The number of aromatic nitrogens is 1. The molecular formula is C23H40N2. The van der Waals surface area contributed by atoms with Crippen molar-refractivity contribution in [1.29, 1.82) is 0 Å². The Balaban J connectivity index is 1.78. The van der Waals surface area contributed by atoms with E-state index in [0.29, 0.717) is 11.8 Å². The number of nitrogens with one attached hydrogen (secondary N) is 1. The zero-order chi connectivity index (χ0) is 18.8. The highest BCUT2D eigenvalue weighted by atomic mass is 15.1. The summed E-state index contributed by atoms with van der Waals surface area (Å²) >= 11 is 0. The van der Waals surface area contributed by atoms with E-state index in [1.165, 1.54) is 17.7 Å². The molecular weight excluding hydrogens is 304 g/mol. The van der Waals surface area contributed by atoms with Gasteiger partial charge in [-0.15, -0.1) is 0 Å². The number of nitrogens with zero attached hydrogens (tertiary/aromatic N) is 1. The van der Waals surface area contributed by atoms with E-state index in [1.54, 1.807) is 0 Å². The summed E-state index contributed by atoms with van der Waals surface area (Å²) in [7, 11) is 0. The minimum Gasteiger partial charge on any atom is -0.350 e. The van der Waals surface area contributed by atoms with E-state index >= 15 is 0 Å². The summed E-state index contributed by atoms with van der Waals surface area (Å²) in [4.78, 5) is 0. The van der Waals surface area contributed by atoms with E-state index in [2.05, 4.69) is 83.3 Å². The molecule has 2 nitrogen and oxygen atoms in total. The topological polar surface area (TPSA) is 17.0 Å². The predicted octanol–water partition coefficient (Wildman–Crippen LogP) is 5.71. The average Bonchev–Trinajstić information content (AvgIpc) is 2.90. The minimum atomic E-state index is 0.145. The molecule has 1 aliphatic heterocycles. The van der Waals surface area contributed by atoms with Crippen LogP contribution in [-0.2, 0) is 6.54 Å². The highest BCUT2D eigenvalue weighted by Gasteiger charge is 2.29. The van der Waals surface area contributed by atoms with E-state index < -0.39 is 0 Å².